The van der Waals surface area contributed by atoms with Crippen LogP contribution in [0.15, 0.2) is 33.5 Å². The molecule has 13 heavy (non-hydrogen) atoms. The highest BCUT2D eigenvalue weighted by molar-refractivity contribution is 5.81. The Balaban J connectivity index is 2.95. The average Bonchev–Trinajstić information content (AvgIpc) is 2.06. The number of fused-ring (bicyclic) bond motifs is 1. The van der Waals surface area contributed by atoms with Crippen molar-refractivity contribution in [2.24, 2.45) is 0 Å². The summed E-state index contributed by atoms with van der Waals surface area (Å²) in [6, 6.07) is 5.74. The van der Waals surface area contributed by atoms with Crippen molar-refractivity contribution < 1.29 is 9.52 Å². The van der Waals surface area contributed by atoms with Gasteiger partial charge in [-0.05, 0) is 30.7 Å². The zero-order chi connectivity index (χ0) is 9.42. The molecule has 0 spiro atoms. The average molecular weight is 175 g/mol. The summed E-state index contributed by atoms with van der Waals surface area (Å²) in [6.45, 7) is 1.78. The van der Waals surface area contributed by atoms with Crippen LogP contribution in [0, 0.1) is 6.92 Å². The van der Waals surface area contributed by atoms with Crippen molar-refractivity contribution in [1.29, 1.82) is 0 Å². The maximum atomic E-state index is 11.0. The Morgan fingerprint density at radius 3 is 2.77 bits per heavy atom. The molecule has 1 aromatic heterocycles. The molecule has 2 aromatic rings. The first kappa shape index (κ1) is 7.86. The molecule has 0 unspecified atom stereocenters. The molecule has 1 aromatic carbocycles. The summed E-state index contributed by atoms with van der Waals surface area (Å²) in [5.41, 5.74) is 0.845. The number of rotatable bonds is 0. The zero-order valence-corrected chi connectivity index (χ0v) is 7.03. The third kappa shape index (κ3) is 1.28. The summed E-state index contributed by atoms with van der Waals surface area (Å²) in [5, 5.41) is 11.7. The lowest BCUT2D eigenvalue weighted by Crippen LogP contribution is -1.97. The molecular weight excluding hydrogens is 168 g/mol. The van der Waals surface area contributed by atoms with E-state index >= 15 is 0 Å². The third-order valence-corrected chi connectivity index (χ3v) is 1.92. The minimum Gasteiger partial charge on any atom is -0.423 e. The molecule has 0 atom stereocenters. The standard InChI is InChI=1S/C10H7O3/c1-6-4-10(12)13-9-3-2-7(11)5-8(6)9/h2-5H,1H3. The first-order chi connectivity index (χ1) is 6.16. The molecule has 65 valence electrons. The third-order valence-electron chi connectivity index (χ3n) is 1.92. The minimum absolute atomic E-state index is 0.0792. The van der Waals surface area contributed by atoms with Gasteiger partial charge in [-0.3, -0.25) is 5.11 Å². The monoisotopic (exact) mass is 175 g/mol. The van der Waals surface area contributed by atoms with E-state index in [1.165, 1.54) is 24.3 Å². The van der Waals surface area contributed by atoms with E-state index in [0.29, 0.717) is 11.0 Å². The topological polar surface area (TPSA) is 50.1 Å². The molecule has 0 aliphatic heterocycles. The summed E-state index contributed by atoms with van der Waals surface area (Å²) in [7, 11) is 0. The largest absolute Gasteiger partial charge is 0.423 e. The Morgan fingerprint density at radius 1 is 1.23 bits per heavy atom. The van der Waals surface area contributed by atoms with Gasteiger partial charge >= 0.3 is 5.63 Å². The molecule has 3 nitrogen and oxygen atoms in total. The van der Waals surface area contributed by atoms with Crippen LogP contribution in [0.5, 0.6) is 5.75 Å². The second kappa shape index (κ2) is 2.62. The summed E-state index contributed by atoms with van der Waals surface area (Å²) >= 11 is 0. The van der Waals surface area contributed by atoms with Gasteiger partial charge in [0.15, 0.2) is 5.75 Å². The van der Waals surface area contributed by atoms with E-state index in [2.05, 4.69) is 0 Å². The summed E-state index contributed by atoms with van der Waals surface area (Å²) in [5.74, 6) is -0.0792. The number of hydrogen-bond donors (Lipinski definition) is 0. The fourth-order valence-electron chi connectivity index (χ4n) is 1.30. The van der Waals surface area contributed by atoms with Gasteiger partial charge in [0.05, 0.1) is 0 Å². The van der Waals surface area contributed by atoms with Crippen molar-refractivity contribution >= 4 is 11.0 Å². The van der Waals surface area contributed by atoms with Gasteiger partial charge in [0.25, 0.3) is 0 Å². The lowest BCUT2D eigenvalue weighted by Gasteiger charge is -1.98. The molecule has 1 radical (unpaired) electrons. The molecule has 0 N–H and O–H groups in total. The van der Waals surface area contributed by atoms with E-state index in [1.54, 1.807) is 6.92 Å². The van der Waals surface area contributed by atoms with Crippen LogP contribution in [0.3, 0.4) is 0 Å². The van der Waals surface area contributed by atoms with Crippen LogP contribution in [0.2, 0.25) is 0 Å². The Hall–Kier alpha value is -1.77. The van der Waals surface area contributed by atoms with E-state index < -0.39 is 0 Å². The molecular formula is C10H7O3. The highest BCUT2D eigenvalue weighted by atomic mass is 16.4. The van der Waals surface area contributed by atoms with E-state index in [4.69, 9.17) is 4.42 Å². The van der Waals surface area contributed by atoms with Crippen LogP contribution >= 0.6 is 0 Å². The molecule has 0 bridgehead atoms. The fourth-order valence-corrected chi connectivity index (χ4v) is 1.30. The van der Waals surface area contributed by atoms with Crippen molar-refractivity contribution in [3.63, 3.8) is 0 Å². The van der Waals surface area contributed by atoms with Gasteiger partial charge in [-0.2, -0.15) is 0 Å². The molecule has 0 saturated carbocycles. The predicted octanol–water partition coefficient (Wildman–Crippen LogP) is 2.25. The zero-order valence-electron chi connectivity index (χ0n) is 7.03. The molecule has 2 rings (SSSR count). The second-order valence-corrected chi connectivity index (χ2v) is 2.91. The molecule has 0 aliphatic carbocycles. The molecule has 0 aliphatic rings. The van der Waals surface area contributed by atoms with Crippen molar-refractivity contribution in [1.82, 2.24) is 0 Å². The van der Waals surface area contributed by atoms with E-state index in [-0.39, 0.29) is 11.4 Å². The Bertz CT molecular complexity index is 511. The second-order valence-electron chi connectivity index (χ2n) is 2.91. The molecule has 3 heteroatoms. The Labute approximate surface area is 74.2 Å². The first-order valence-electron chi connectivity index (χ1n) is 3.88. The number of hydrogen-bond acceptors (Lipinski definition) is 2. The van der Waals surface area contributed by atoms with Crippen molar-refractivity contribution in [2.75, 3.05) is 0 Å². The predicted molar refractivity (Wildman–Crippen MR) is 47.4 cm³/mol. The van der Waals surface area contributed by atoms with E-state index in [0.717, 1.165) is 5.56 Å². The van der Waals surface area contributed by atoms with Gasteiger partial charge in [-0.15, -0.1) is 0 Å². The van der Waals surface area contributed by atoms with E-state index in [1.807, 2.05) is 0 Å². The summed E-state index contributed by atoms with van der Waals surface area (Å²) in [6.07, 6.45) is 0. The quantitative estimate of drug-likeness (QED) is 0.576. The molecule has 0 fully saturated rings. The lowest BCUT2D eigenvalue weighted by molar-refractivity contribution is 0.355. The van der Waals surface area contributed by atoms with Crippen molar-refractivity contribution in [3.8, 4) is 5.75 Å². The normalized spacial score (nSPS) is 10.5. The van der Waals surface area contributed by atoms with Crippen molar-refractivity contribution in [3.05, 3.63) is 40.2 Å². The maximum absolute atomic E-state index is 11.0. The lowest BCUT2D eigenvalue weighted by atomic mass is 10.1. The van der Waals surface area contributed by atoms with Crippen LogP contribution in [0.1, 0.15) is 5.56 Å². The highest BCUT2D eigenvalue weighted by Crippen LogP contribution is 2.21. The number of aryl methyl sites for hydroxylation is 1. The van der Waals surface area contributed by atoms with E-state index in [9.17, 15) is 9.90 Å². The minimum atomic E-state index is -0.386. The smallest absolute Gasteiger partial charge is 0.336 e. The Morgan fingerprint density at radius 2 is 2.00 bits per heavy atom. The summed E-state index contributed by atoms with van der Waals surface area (Å²) < 4.78 is 4.90. The van der Waals surface area contributed by atoms with Gasteiger partial charge in [0.1, 0.15) is 5.58 Å². The first-order valence-corrected chi connectivity index (χ1v) is 3.88. The maximum Gasteiger partial charge on any atom is 0.336 e. The SMILES string of the molecule is Cc1cc(=O)oc2ccc([O])cc12. The van der Waals surface area contributed by atoms with Gasteiger partial charge < -0.3 is 4.42 Å². The van der Waals surface area contributed by atoms with Crippen LogP contribution in [-0.2, 0) is 5.11 Å². The highest BCUT2D eigenvalue weighted by Gasteiger charge is 2.02. The Kier molecular flexibility index (Phi) is 1.59. The number of benzene rings is 1. The molecule has 0 saturated heterocycles. The van der Waals surface area contributed by atoms with Gasteiger partial charge in [0, 0.05) is 11.5 Å². The van der Waals surface area contributed by atoms with Crippen LogP contribution < -0.4 is 5.63 Å². The summed E-state index contributed by atoms with van der Waals surface area (Å²) in [4.78, 5) is 10.9. The van der Waals surface area contributed by atoms with Gasteiger partial charge in [0.2, 0.25) is 0 Å². The van der Waals surface area contributed by atoms with Crippen LogP contribution in [0.25, 0.3) is 11.0 Å². The van der Waals surface area contributed by atoms with Crippen molar-refractivity contribution in [2.45, 2.75) is 6.92 Å². The fraction of sp³-hybridized carbons (Fsp3) is 0.100. The van der Waals surface area contributed by atoms with Gasteiger partial charge in [-0.25, -0.2) is 4.79 Å². The molecule has 0 amide bonds. The van der Waals surface area contributed by atoms with Crippen LogP contribution in [0.4, 0.5) is 0 Å². The van der Waals surface area contributed by atoms with Crippen LogP contribution in [-0.4, -0.2) is 0 Å². The molecule has 1 heterocycles. The van der Waals surface area contributed by atoms with Gasteiger partial charge in [-0.1, -0.05) is 0 Å².